The van der Waals surface area contributed by atoms with Crippen molar-refractivity contribution in [3.05, 3.63) is 52.8 Å². The second-order valence-electron chi connectivity index (χ2n) is 4.20. The van der Waals surface area contributed by atoms with Crippen LogP contribution in [0.2, 0.25) is 0 Å². The average Bonchev–Trinajstić information content (AvgIpc) is 2.37. The van der Waals surface area contributed by atoms with Gasteiger partial charge in [-0.05, 0) is 31.0 Å². The first-order chi connectivity index (χ1) is 8.69. The summed E-state index contributed by atoms with van der Waals surface area (Å²) in [5, 5.41) is 0.804. The van der Waals surface area contributed by atoms with E-state index in [1.807, 2.05) is 13.0 Å². The Balaban J connectivity index is 2.11. The highest BCUT2D eigenvalue weighted by molar-refractivity contribution is 7.98. The van der Waals surface area contributed by atoms with Gasteiger partial charge >= 0.3 is 0 Å². The Labute approximate surface area is 112 Å². The van der Waals surface area contributed by atoms with Crippen LogP contribution in [0.5, 0.6) is 0 Å². The molecule has 0 amide bonds. The van der Waals surface area contributed by atoms with E-state index in [0.717, 1.165) is 22.3 Å². The molecule has 0 saturated carbocycles. The Kier molecular flexibility index (Phi) is 4.33. The maximum Gasteiger partial charge on any atom is 0.188 e. The van der Waals surface area contributed by atoms with Gasteiger partial charge in [-0.1, -0.05) is 36.0 Å². The van der Waals surface area contributed by atoms with E-state index >= 15 is 0 Å². The molecule has 0 atom stereocenters. The van der Waals surface area contributed by atoms with Crippen molar-refractivity contribution in [2.75, 3.05) is 0 Å². The highest BCUT2D eigenvalue weighted by atomic mass is 32.2. The molecule has 0 radical (unpaired) electrons. The summed E-state index contributed by atoms with van der Waals surface area (Å²) < 4.78 is 0. The molecule has 0 aliphatic carbocycles. The predicted molar refractivity (Wildman–Crippen MR) is 75.4 cm³/mol. The van der Waals surface area contributed by atoms with E-state index in [9.17, 15) is 0 Å². The van der Waals surface area contributed by atoms with Crippen LogP contribution in [0.4, 0.5) is 0 Å². The average molecular weight is 259 g/mol. The molecule has 0 spiro atoms. The van der Waals surface area contributed by atoms with Crippen LogP contribution >= 0.6 is 11.8 Å². The first-order valence-electron chi connectivity index (χ1n) is 5.91. The lowest BCUT2D eigenvalue weighted by Gasteiger charge is -2.06. The predicted octanol–water partition coefficient (Wildman–Crippen LogP) is 2.84. The Bertz CT molecular complexity index is 540. The van der Waals surface area contributed by atoms with Crippen LogP contribution in [0.25, 0.3) is 0 Å². The molecule has 1 heterocycles. The third kappa shape index (κ3) is 3.31. The van der Waals surface area contributed by atoms with Gasteiger partial charge in [0.2, 0.25) is 0 Å². The van der Waals surface area contributed by atoms with E-state index in [-0.39, 0.29) is 0 Å². The van der Waals surface area contributed by atoms with Crippen molar-refractivity contribution in [3.8, 4) is 0 Å². The molecule has 1 aromatic carbocycles. The van der Waals surface area contributed by atoms with Gasteiger partial charge in [0.25, 0.3) is 0 Å². The van der Waals surface area contributed by atoms with Crippen molar-refractivity contribution in [3.63, 3.8) is 0 Å². The highest BCUT2D eigenvalue weighted by Crippen LogP contribution is 2.21. The minimum absolute atomic E-state index is 0.460. The number of rotatable bonds is 4. The molecule has 4 heteroatoms. The molecule has 0 fully saturated rings. The van der Waals surface area contributed by atoms with Gasteiger partial charge in [-0.2, -0.15) is 0 Å². The number of nitrogens with zero attached hydrogens (tertiary/aromatic N) is 2. The number of aromatic nitrogens is 2. The Morgan fingerprint density at radius 2 is 1.94 bits per heavy atom. The molecule has 0 aliphatic rings. The van der Waals surface area contributed by atoms with Crippen molar-refractivity contribution in [2.24, 2.45) is 5.73 Å². The Hall–Kier alpha value is -1.39. The van der Waals surface area contributed by atoms with Crippen LogP contribution in [0.15, 0.2) is 35.5 Å². The summed E-state index contributed by atoms with van der Waals surface area (Å²) in [4.78, 5) is 8.85. The van der Waals surface area contributed by atoms with E-state index in [1.165, 1.54) is 11.1 Å². The summed E-state index contributed by atoms with van der Waals surface area (Å²) in [6, 6.07) is 10.3. The lowest BCUT2D eigenvalue weighted by Crippen LogP contribution is -2.03. The smallest absolute Gasteiger partial charge is 0.188 e. The summed E-state index contributed by atoms with van der Waals surface area (Å²) in [6.07, 6.45) is 0. The molecule has 2 N–H and O–H groups in total. The van der Waals surface area contributed by atoms with E-state index in [4.69, 9.17) is 5.73 Å². The van der Waals surface area contributed by atoms with Crippen LogP contribution in [0.3, 0.4) is 0 Å². The molecular weight excluding hydrogens is 242 g/mol. The van der Waals surface area contributed by atoms with Crippen LogP contribution in [0, 0.1) is 13.8 Å². The third-order valence-corrected chi connectivity index (χ3v) is 3.61. The van der Waals surface area contributed by atoms with Gasteiger partial charge in [0.15, 0.2) is 5.16 Å². The molecule has 2 aromatic rings. The van der Waals surface area contributed by atoms with Crippen LogP contribution < -0.4 is 5.73 Å². The number of hydrogen-bond donors (Lipinski definition) is 1. The number of aryl methyl sites for hydroxylation is 2. The standard InChI is InChI=1S/C14H17N3S/c1-10-5-3-4-6-12(10)9-18-14-16-11(2)7-13(8-15)17-14/h3-7H,8-9,15H2,1-2H3. The second-order valence-corrected chi connectivity index (χ2v) is 5.15. The van der Waals surface area contributed by atoms with Gasteiger partial charge < -0.3 is 5.73 Å². The molecule has 0 saturated heterocycles. The van der Waals surface area contributed by atoms with Crippen LogP contribution in [-0.4, -0.2) is 9.97 Å². The van der Waals surface area contributed by atoms with E-state index in [2.05, 4.69) is 41.2 Å². The molecule has 0 aliphatic heterocycles. The van der Waals surface area contributed by atoms with Crippen molar-refractivity contribution >= 4 is 11.8 Å². The largest absolute Gasteiger partial charge is 0.325 e. The van der Waals surface area contributed by atoms with Crippen molar-refractivity contribution in [2.45, 2.75) is 31.3 Å². The summed E-state index contributed by atoms with van der Waals surface area (Å²) >= 11 is 1.65. The van der Waals surface area contributed by atoms with Crippen LogP contribution in [0.1, 0.15) is 22.5 Å². The van der Waals surface area contributed by atoms with E-state index in [1.54, 1.807) is 11.8 Å². The second kappa shape index (κ2) is 5.98. The first kappa shape index (κ1) is 13.1. The Morgan fingerprint density at radius 1 is 1.17 bits per heavy atom. The fourth-order valence-electron chi connectivity index (χ4n) is 1.69. The summed E-state index contributed by atoms with van der Waals surface area (Å²) in [7, 11) is 0. The molecule has 94 valence electrons. The van der Waals surface area contributed by atoms with Crippen molar-refractivity contribution in [1.82, 2.24) is 9.97 Å². The third-order valence-electron chi connectivity index (χ3n) is 2.71. The summed E-state index contributed by atoms with van der Waals surface area (Å²) in [5.74, 6) is 0.889. The van der Waals surface area contributed by atoms with Gasteiger partial charge in [-0.15, -0.1) is 0 Å². The normalized spacial score (nSPS) is 10.6. The maximum absolute atomic E-state index is 5.62. The summed E-state index contributed by atoms with van der Waals surface area (Å²) in [6.45, 7) is 4.55. The molecule has 3 nitrogen and oxygen atoms in total. The minimum Gasteiger partial charge on any atom is -0.325 e. The lowest BCUT2D eigenvalue weighted by molar-refractivity contribution is 0.854. The molecule has 1 aromatic heterocycles. The van der Waals surface area contributed by atoms with Gasteiger partial charge in [-0.25, -0.2) is 9.97 Å². The minimum atomic E-state index is 0.460. The number of nitrogens with two attached hydrogens (primary N) is 1. The molecular formula is C14H17N3S. The van der Waals surface area contributed by atoms with Gasteiger partial charge in [0.05, 0.1) is 5.69 Å². The van der Waals surface area contributed by atoms with Crippen molar-refractivity contribution in [1.29, 1.82) is 0 Å². The van der Waals surface area contributed by atoms with Crippen molar-refractivity contribution < 1.29 is 0 Å². The zero-order chi connectivity index (χ0) is 13.0. The number of hydrogen-bond acceptors (Lipinski definition) is 4. The first-order valence-corrected chi connectivity index (χ1v) is 6.89. The van der Waals surface area contributed by atoms with Gasteiger partial charge in [-0.3, -0.25) is 0 Å². The monoisotopic (exact) mass is 259 g/mol. The molecule has 0 unspecified atom stereocenters. The zero-order valence-corrected chi connectivity index (χ0v) is 11.5. The molecule has 18 heavy (non-hydrogen) atoms. The zero-order valence-electron chi connectivity index (χ0n) is 10.7. The highest BCUT2D eigenvalue weighted by Gasteiger charge is 2.04. The number of benzene rings is 1. The quantitative estimate of drug-likeness (QED) is 0.677. The van der Waals surface area contributed by atoms with Gasteiger partial charge in [0.1, 0.15) is 0 Å². The summed E-state index contributed by atoms with van der Waals surface area (Å²) in [5.41, 5.74) is 10.1. The fourth-order valence-corrected chi connectivity index (χ4v) is 2.69. The maximum atomic E-state index is 5.62. The molecule has 0 bridgehead atoms. The Morgan fingerprint density at radius 3 is 2.67 bits per heavy atom. The van der Waals surface area contributed by atoms with Crippen LogP contribution in [-0.2, 0) is 12.3 Å². The fraction of sp³-hybridized carbons (Fsp3) is 0.286. The SMILES string of the molecule is Cc1cc(CN)nc(SCc2ccccc2C)n1. The topological polar surface area (TPSA) is 51.8 Å². The number of thioether (sulfide) groups is 1. The van der Waals surface area contributed by atoms with E-state index in [0.29, 0.717) is 6.54 Å². The molecule has 2 rings (SSSR count). The lowest BCUT2D eigenvalue weighted by atomic mass is 10.1. The van der Waals surface area contributed by atoms with E-state index < -0.39 is 0 Å². The van der Waals surface area contributed by atoms with Gasteiger partial charge in [0, 0.05) is 18.0 Å².